The fraction of sp³-hybridized carbons (Fsp3) is 0.161. The summed E-state index contributed by atoms with van der Waals surface area (Å²) < 4.78 is 24.5. The summed E-state index contributed by atoms with van der Waals surface area (Å²) in [4.78, 5) is 27.6. The number of aryl methyl sites for hydroxylation is 1. The molecule has 0 spiro atoms. The van der Waals surface area contributed by atoms with Gasteiger partial charge in [-0.3, -0.25) is 9.59 Å². The minimum atomic E-state index is -0.354. The molecule has 7 heteroatoms. The van der Waals surface area contributed by atoms with E-state index >= 15 is 0 Å². The van der Waals surface area contributed by atoms with E-state index in [-0.39, 0.29) is 37.4 Å². The van der Waals surface area contributed by atoms with Crippen molar-refractivity contribution in [2.24, 2.45) is 0 Å². The van der Waals surface area contributed by atoms with E-state index in [1.165, 1.54) is 12.1 Å². The molecule has 0 saturated heterocycles. The Kier molecular flexibility index (Phi) is 7.35. The Morgan fingerprint density at radius 3 is 2.34 bits per heavy atom. The molecule has 4 aromatic carbocycles. The molecule has 0 unspecified atom stereocenters. The summed E-state index contributed by atoms with van der Waals surface area (Å²) in [5.41, 5.74) is 4.66. The van der Waals surface area contributed by atoms with Gasteiger partial charge in [0.2, 0.25) is 12.7 Å². The van der Waals surface area contributed by atoms with Gasteiger partial charge in [0.05, 0.1) is 13.0 Å². The molecule has 1 N–H and O–H groups in total. The maximum Gasteiger partial charge on any atom is 0.258 e. The van der Waals surface area contributed by atoms with Crippen LogP contribution >= 0.6 is 0 Å². The largest absolute Gasteiger partial charge is 0.454 e. The molecule has 1 aliphatic rings. The van der Waals surface area contributed by atoms with Gasteiger partial charge in [0.25, 0.3) is 5.91 Å². The highest BCUT2D eigenvalue weighted by molar-refractivity contribution is 6.06. The second-order valence-corrected chi connectivity index (χ2v) is 9.19. The second-order valence-electron chi connectivity index (χ2n) is 9.19. The van der Waals surface area contributed by atoms with Crippen molar-refractivity contribution in [3.63, 3.8) is 0 Å². The van der Waals surface area contributed by atoms with Crippen LogP contribution in [0.3, 0.4) is 0 Å². The average molecular weight is 511 g/mol. The number of fused-ring (bicyclic) bond motifs is 1. The predicted molar refractivity (Wildman–Crippen MR) is 143 cm³/mol. The van der Waals surface area contributed by atoms with Gasteiger partial charge >= 0.3 is 0 Å². The van der Waals surface area contributed by atoms with Crippen molar-refractivity contribution in [1.82, 2.24) is 5.32 Å². The van der Waals surface area contributed by atoms with E-state index in [4.69, 9.17) is 9.47 Å². The lowest BCUT2D eigenvalue weighted by molar-refractivity contribution is -0.120. The van der Waals surface area contributed by atoms with Gasteiger partial charge in [0, 0.05) is 17.8 Å². The second kappa shape index (κ2) is 11.2. The summed E-state index contributed by atoms with van der Waals surface area (Å²) in [5, 5.41) is 2.92. The Hall–Kier alpha value is -4.65. The van der Waals surface area contributed by atoms with Crippen LogP contribution in [-0.4, -0.2) is 18.6 Å². The Balaban J connectivity index is 1.27. The third-order valence-corrected chi connectivity index (χ3v) is 6.31. The van der Waals surface area contributed by atoms with Crippen LogP contribution in [0.15, 0.2) is 91.0 Å². The molecule has 0 fully saturated rings. The van der Waals surface area contributed by atoms with Crippen LogP contribution in [0.4, 0.5) is 10.1 Å². The zero-order chi connectivity index (χ0) is 26.5. The summed E-state index contributed by atoms with van der Waals surface area (Å²) in [6, 6.07) is 26.4. The zero-order valence-electron chi connectivity index (χ0n) is 20.9. The monoisotopic (exact) mass is 510 g/mol. The van der Waals surface area contributed by atoms with Gasteiger partial charge in [0.15, 0.2) is 11.5 Å². The molecule has 192 valence electrons. The van der Waals surface area contributed by atoms with E-state index in [1.54, 1.807) is 29.2 Å². The number of nitrogens with zero attached hydrogens (tertiary/aromatic N) is 1. The fourth-order valence-corrected chi connectivity index (χ4v) is 4.24. The van der Waals surface area contributed by atoms with E-state index in [2.05, 4.69) is 5.32 Å². The lowest BCUT2D eigenvalue weighted by Gasteiger charge is -2.24. The first-order chi connectivity index (χ1) is 18.4. The van der Waals surface area contributed by atoms with Gasteiger partial charge in [-0.25, -0.2) is 4.39 Å². The third-order valence-electron chi connectivity index (χ3n) is 6.31. The first kappa shape index (κ1) is 25.0. The van der Waals surface area contributed by atoms with Crippen LogP contribution in [0.2, 0.25) is 0 Å². The number of ether oxygens (including phenoxy) is 2. The minimum Gasteiger partial charge on any atom is -0.454 e. The molecule has 1 heterocycles. The highest BCUT2D eigenvalue weighted by atomic mass is 19.1. The van der Waals surface area contributed by atoms with Crippen LogP contribution in [0.5, 0.6) is 11.5 Å². The molecule has 0 aliphatic carbocycles. The minimum absolute atomic E-state index is 0.122. The van der Waals surface area contributed by atoms with Crippen molar-refractivity contribution in [2.45, 2.75) is 26.4 Å². The van der Waals surface area contributed by atoms with Gasteiger partial charge < -0.3 is 19.7 Å². The van der Waals surface area contributed by atoms with E-state index in [1.807, 2.05) is 61.5 Å². The number of halogens is 1. The van der Waals surface area contributed by atoms with Gasteiger partial charge in [-0.1, -0.05) is 48.0 Å². The third kappa shape index (κ3) is 6.00. The molecule has 0 aromatic heterocycles. The molecule has 0 radical (unpaired) electrons. The summed E-state index contributed by atoms with van der Waals surface area (Å²) in [7, 11) is 0. The van der Waals surface area contributed by atoms with Gasteiger partial charge in [-0.2, -0.15) is 0 Å². The number of anilines is 1. The molecule has 6 nitrogen and oxygen atoms in total. The highest BCUT2D eigenvalue weighted by Crippen LogP contribution is 2.32. The van der Waals surface area contributed by atoms with E-state index in [0.29, 0.717) is 34.9 Å². The summed E-state index contributed by atoms with van der Waals surface area (Å²) >= 11 is 0. The van der Waals surface area contributed by atoms with Crippen LogP contribution < -0.4 is 19.7 Å². The molecule has 0 bridgehead atoms. The van der Waals surface area contributed by atoms with Crippen molar-refractivity contribution in [1.29, 1.82) is 0 Å². The van der Waals surface area contributed by atoms with Gasteiger partial charge in [-0.15, -0.1) is 0 Å². The van der Waals surface area contributed by atoms with Crippen molar-refractivity contribution in [3.05, 3.63) is 125 Å². The molecule has 5 rings (SSSR count). The van der Waals surface area contributed by atoms with Gasteiger partial charge in [0.1, 0.15) is 5.82 Å². The van der Waals surface area contributed by atoms with E-state index < -0.39 is 0 Å². The molecule has 4 aromatic rings. The van der Waals surface area contributed by atoms with Crippen LogP contribution in [-0.2, 0) is 24.3 Å². The maximum atomic E-state index is 13.8. The summed E-state index contributed by atoms with van der Waals surface area (Å²) in [6.07, 6.45) is 0.195. The van der Waals surface area contributed by atoms with Crippen molar-refractivity contribution < 1.29 is 23.5 Å². The topological polar surface area (TPSA) is 67.9 Å². The van der Waals surface area contributed by atoms with Crippen LogP contribution in [0.25, 0.3) is 0 Å². The number of amides is 2. The van der Waals surface area contributed by atoms with E-state index in [0.717, 1.165) is 16.7 Å². The zero-order valence-corrected chi connectivity index (χ0v) is 20.9. The number of hydrogen-bond acceptors (Lipinski definition) is 4. The quantitative estimate of drug-likeness (QED) is 0.337. The maximum absolute atomic E-state index is 13.8. The number of benzene rings is 4. The predicted octanol–water partition coefficient (Wildman–Crippen LogP) is 5.57. The average Bonchev–Trinajstić information content (AvgIpc) is 3.39. The number of carbonyl (C=O) groups excluding carboxylic acids is 2. The van der Waals surface area contributed by atoms with Crippen LogP contribution in [0, 0.1) is 12.7 Å². The first-order valence-electron chi connectivity index (χ1n) is 12.3. The number of rotatable bonds is 8. The molecular formula is C31H27FN2O4. The van der Waals surface area contributed by atoms with Crippen LogP contribution in [0.1, 0.15) is 32.6 Å². The normalized spacial score (nSPS) is 11.7. The molecule has 0 atom stereocenters. The van der Waals surface area contributed by atoms with E-state index in [9.17, 15) is 14.0 Å². The highest BCUT2D eigenvalue weighted by Gasteiger charge is 2.19. The lowest BCUT2D eigenvalue weighted by Crippen LogP contribution is -2.30. The Morgan fingerprint density at radius 1 is 0.842 bits per heavy atom. The summed E-state index contributed by atoms with van der Waals surface area (Å²) in [6.45, 7) is 2.75. The van der Waals surface area contributed by atoms with Crippen molar-refractivity contribution in [3.8, 4) is 11.5 Å². The summed E-state index contributed by atoms with van der Waals surface area (Å²) in [5.74, 6) is 0.710. The molecule has 2 amide bonds. The molecule has 38 heavy (non-hydrogen) atoms. The number of nitrogens with one attached hydrogen (secondary N) is 1. The SMILES string of the molecule is Cc1ccc(C(=O)N(Cc2cccc(F)c2)c2ccc(CC(=O)NCc3ccc4c(c3)OCO4)cc2)cc1. The molecular weight excluding hydrogens is 483 g/mol. The number of hydrogen-bond donors (Lipinski definition) is 1. The Bertz CT molecular complexity index is 1450. The Morgan fingerprint density at radius 2 is 1.58 bits per heavy atom. The van der Waals surface area contributed by atoms with Crippen molar-refractivity contribution >= 4 is 17.5 Å². The fourth-order valence-electron chi connectivity index (χ4n) is 4.24. The molecule has 0 saturated carbocycles. The smallest absolute Gasteiger partial charge is 0.258 e. The number of carbonyl (C=O) groups is 2. The lowest BCUT2D eigenvalue weighted by atomic mass is 10.1. The Labute approximate surface area is 220 Å². The van der Waals surface area contributed by atoms with Gasteiger partial charge in [-0.05, 0) is 72.1 Å². The standard InChI is InChI=1S/C31H27FN2O4/c1-21-5-10-25(11-6-21)31(36)34(19-24-3-2-4-26(32)15-24)27-12-7-22(8-13-27)17-30(35)33-18-23-9-14-28-29(16-23)38-20-37-28/h2-16H,17-20H2,1H3,(H,33,35). The molecule has 1 aliphatic heterocycles. The first-order valence-corrected chi connectivity index (χ1v) is 12.3. The van der Waals surface area contributed by atoms with Crippen molar-refractivity contribution in [2.75, 3.05) is 11.7 Å².